The molecule has 1 amide bonds. The molecule has 1 aliphatic carbocycles. The number of carbonyl (C=O) groups excluding carboxylic acids is 1. The minimum absolute atomic E-state index is 0.101. The third-order valence-electron chi connectivity index (χ3n) is 4.99. The number of rotatable bonds is 5. The molecule has 1 saturated carbocycles. The molecule has 2 aromatic carbocycles. The Labute approximate surface area is 157 Å². The average molecular weight is 364 g/mol. The van der Waals surface area contributed by atoms with Crippen LogP contribution in [0.25, 0.3) is 10.9 Å². The predicted molar refractivity (Wildman–Crippen MR) is 102 cm³/mol. The number of ether oxygens (including phenoxy) is 1. The molecule has 27 heavy (non-hydrogen) atoms. The first-order chi connectivity index (χ1) is 13.1. The highest BCUT2D eigenvalue weighted by Crippen LogP contribution is 2.31. The summed E-state index contributed by atoms with van der Waals surface area (Å²) >= 11 is 0. The fraction of sp³-hybridized carbons (Fsp3) is 0.273. The van der Waals surface area contributed by atoms with Crippen LogP contribution in [0.15, 0.2) is 48.5 Å². The fourth-order valence-electron chi connectivity index (χ4n) is 3.31. The van der Waals surface area contributed by atoms with Gasteiger partial charge in [0.25, 0.3) is 5.91 Å². The zero-order chi connectivity index (χ0) is 19.0. The van der Waals surface area contributed by atoms with Crippen molar-refractivity contribution in [3.63, 3.8) is 0 Å². The van der Waals surface area contributed by atoms with Gasteiger partial charge in [-0.05, 0) is 50.1 Å². The van der Waals surface area contributed by atoms with E-state index in [1.807, 2.05) is 31.2 Å². The molecule has 0 spiro atoms. The SMILES string of the molecule is COc1ccc2nc(C)c(C(=O)N(Cc3ccccc3F)C3CC3)cc2c1. The summed E-state index contributed by atoms with van der Waals surface area (Å²) in [7, 11) is 1.61. The van der Waals surface area contributed by atoms with Crippen molar-refractivity contribution in [3.8, 4) is 5.75 Å². The van der Waals surface area contributed by atoms with Crippen molar-refractivity contribution in [2.75, 3.05) is 7.11 Å². The molecule has 5 heteroatoms. The average Bonchev–Trinajstić information content (AvgIpc) is 3.51. The van der Waals surface area contributed by atoms with Crippen LogP contribution >= 0.6 is 0 Å². The second kappa shape index (κ2) is 6.99. The molecule has 1 fully saturated rings. The summed E-state index contributed by atoms with van der Waals surface area (Å²) in [5, 5.41) is 0.852. The first kappa shape index (κ1) is 17.5. The Balaban J connectivity index is 1.70. The van der Waals surface area contributed by atoms with E-state index in [0.29, 0.717) is 16.8 Å². The maximum absolute atomic E-state index is 14.1. The van der Waals surface area contributed by atoms with Crippen LogP contribution in [0.3, 0.4) is 0 Å². The van der Waals surface area contributed by atoms with Gasteiger partial charge >= 0.3 is 0 Å². The molecule has 1 heterocycles. The van der Waals surface area contributed by atoms with Gasteiger partial charge in [-0.2, -0.15) is 0 Å². The normalized spacial score (nSPS) is 13.6. The summed E-state index contributed by atoms with van der Waals surface area (Å²) in [6.45, 7) is 2.11. The number of aryl methyl sites for hydroxylation is 1. The molecule has 1 aliphatic rings. The third kappa shape index (κ3) is 3.50. The highest BCUT2D eigenvalue weighted by Gasteiger charge is 2.34. The number of hydrogen-bond acceptors (Lipinski definition) is 3. The van der Waals surface area contributed by atoms with Crippen LogP contribution in [-0.2, 0) is 6.54 Å². The molecule has 0 atom stereocenters. The lowest BCUT2D eigenvalue weighted by Crippen LogP contribution is -2.33. The van der Waals surface area contributed by atoms with Crippen molar-refractivity contribution in [1.82, 2.24) is 9.88 Å². The quantitative estimate of drug-likeness (QED) is 0.670. The van der Waals surface area contributed by atoms with E-state index in [0.717, 1.165) is 29.5 Å². The van der Waals surface area contributed by atoms with Crippen LogP contribution in [0.5, 0.6) is 5.75 Å². The summed E-state index contributed by atoms with van der Waals surface area (Å²) in [5.74, 6) is 0.335. The van der Waals surface area contributed by atoms with Crippen LogP contribution in [0.1, 0.15) is 34.5 Å². The molecule has 3 aromatic rings. The van der Waals surface area contributed by atoms with E-state index >= 15 is 0 Å². The number of pyridine rings is 1. The number of carbonyl (C=O) groups is 1. The molecule has 0 bridgehead atoms. The molecule has 0 aliphatic heterocycles. The van der Waals surface area contributed by atoms with Gasteiger partial charge in [-0.25, -0.2) is 4.39 Å². The van der Waals surface area contributed by atoms with Gasteiger partial charge in [0.2, 0.25) is 0 Å². The van der Waals surface area contributed by atoms with Crippen molar-refractivity contribution in [2.45, 2.75) is 32.4 Å². The first-order valence-corrected chi connectivity index (χ1v) is 9.06. The van der Waals surface area contributed by atoms with Gasteiger partial charge in [0.15, 0.2) is 0 Å². The van der Waals surface area contributed by atoms with Gasteiger partial charge in [-0.1, -0.05) is 18.2 Å². The van der Waals surface area contributed by atoms with E-state index in [4.69, 9.17) is 4.74 Å². The van der Waals surface area contributed by atoms with E-state index in [-0.39, 0.29) is 24.3 Å². The Morgan fingerprint density at radius 1 is 1.22 bits per heavy atom. The lowest BCUT2D eigenvalue weighted by molar-refractivity contribution is 0.0727. The number of nitrogens with zero attached hydrogens (tertiary/aromatic N) is 2. The standard InChI is InChI=1S/C22H21FN2O2/c1-14-19(12-16-11-18(27-2)9-10-21(16)24-14)22(26)25(17-7-8-17)13-15-5-3-4-6-20(15)23/h3-6,9-12,17H,7-8,13H2,1-2H3. The fourth-order valence-corrected chi connectivity index (χ4v) is 3.31. The van der Waals surface area contributed by atoms with Gasteiger partial charge < -0.3 is 9.64 Å². The Morgan fingerprint density at radius 2 is 2.00 bits per heavy atom. The van der Waals surface area contributed by atoms with Crippen LogP contribution in [-0.4, -0.2) is 28.9 Å². The molecule has 138 valence electrons. The lowest BCUT2D eigenvalue weighted by atomic mass is 10.1. The molecule has 0 N–H and O–H groups in total. The molecule has 4 nitrogen and oxygen atoms in total. The summed E-state index contributed by atoms with van der Waals surface area (Å²) < 4.78 is 19.4. The molecule has 0 saturated heterocycles. The first-order valence-electron chi connectivity index (χ1n) is 9.06. The van der Waals surface area contributed by atoms with Crippen LogP contribution in [0, 0.1) is 12.7 Å². The van der Waals surface area contributed by atoms with Crippen molar-refractivity contribution in [3.05, 3.63) is 71.2 Å². The van der Waals surface area contributed by atoms with E-state index in [1.165, 1.54) is 6.07 Å². The van der Waals surface area contributed by atoms with E-state index in [9.17, 15) is 9.18 Å². The molecule has 4 rings (SSSR count). The maximum atomic E-state index is 14.1. The van der Waals surface area contributed by atoms with Crippen molar-refractivity contribution in [1.29, 1.82) is 0 Å². The molecule has 1 aromatic heterocycles. The number of fused-ring (bicyclic) bond motifs is 1. The number of halogens is 1. The summed E-state index contributed by atoms with van der Waals surface area (Å²) in [5.41, 5.74) is 2.58. The Bertz CT molecular complexity index is 1010. The number of hydrogen-bond donors (Lipinski definition) is 0. The number of methoxy groups -OCH3 is 1. The third-order valence-corrected chi connectivity index (χ3v) is 4.99. The van der Waals surface area contributed by atoms with E-state index in [1.54, 1.807) is 30.2 Å². The zero-order valence-electron chi connectivity index (χ0n) is 15.4. The maximum Gasteiger partial charge on any atom is 0.256 e. The van der Waals surface area contributed by atoms with Crippen molar-refractivity contribution >= 4 is 16.8 Å². The van der Waals surface area contributed by atoms with Crippen LogP contribution in [0.4, 0.5) is 4.39 Å². The Kier molecular flexibility index (Phi) is 4.52. The second-order valence-electron chi connectivity index (χ2n) is 6.94. The number of benzene rings is 2. The molecular weight excluding hydrogens is 343 g/mol. The Morgan fingerprint density at radius 3 is 2.70 bits per heavy atom. The van der Waals surface area contributed by atoms with E-state index < -0.39 is 0 Å². The van der Waals surface area contributed by atoms with Gasteiger partial charge in [-0.3, -0.25) is 9.78 Å². The highest BCUT2D eigenvalue weighted by molar-refractivity contribution is 5.99. The van der Waals surface area contributed by atoms with Gasteiger partial charge in [0.05, 0.1) is 23.9 Å². The lowest BCUT2D eigenvalue weighted by Gasteiger charge is -2.24. The number of aromatic nitrogens is 1. The Hall–Kier alpha value is -2.95. The largest absolute Gasteiger partial charge is 0.497 e. The number of amides is 1. The zero-order valence-corrected chi connectivity index (χ0v) is 15.4. The minimum Gasteiger partial charge on any atom is -0.497 e. The molecule has 0 unspecified atom stereocenters. The van der Waals surface area contributed by atoms with Crippen LogP contribution < -0.4 is 4.74 Å². The summed E-state index contributed by atoms with van der Waals surface area (Å²) in [6.07, 6.45) is 1.90. The van der Waals surface area contributed by atoms with Crippen LogP contribution in [0.2, 0.25) is 0 Å². The summed E-state index contributed by atoms with van der Waals surface area (Å²) in [4.78, 5) is 19.6. The van der Waals surface area contributed by atoms with Gasteiger partial charge in [0, 0.05) is 23.5 Å². The summed E-state index contributed by atoms with van der Waals surface area (Å²) in [6, 6.07) is 14.2. The monoisotopic (exact) mass is 364 g/mol. The smallest absolute Gasteiger partial charge is 0.256 e. The van der Waals surface area contributed by atoms with Gasteiger partial charge in [0.1, 0.15) is 11.6 Å². The minimum atomic E-state index is -0.283. The highest BCUT2D eigenvalue weighted by atomic mass is 19.1. The van der Waals surface area contributed by atoms with Crippen molar-refractivity contribution in [2.24, 2.45) is 0 Å². The second-order valence-corrected chi connectivity index (χ2v) is 6.94. The van der Waals surface area contributed by atoms with Crippen molar-refractivity contribution < 1.29 is 13.9 Å². The predicted octanol–water partition coefficient (Wildman–Crippen LogP) is 4.50. The van der Waals surface area contributed by atoms with Gasteiger partial charge in [-0.15, -0.1) is 0 Å². The molecular formula is C22H21FN2O2. The van der Waals surface area contributed by atoms with E-state index in [2.05, 4.69) is 4.98 Å². The topological polar surface area (TPSA) is 42.4 Å². The molecule has 0 radical (unpaired) electrons.